The average Bonchev–Trinajstić information content (AvgIpc) is 2.53. The number of hydrogen-bond donors (Lipinski definition) is 0. The normalized spacial score (nSPS) is 11.6. The molecule has 2 aromatic carbocycles. The lowest BCUT2D eigenvalue weighted by molar-refractivity contribution is -0.134. The molecule has 0 unspecified atom stereocenters. The number of esters is 1. The Bertz CT molecular complexity index is 645. The van der Waals surface area contributed by atoms with Crippen molar-refractivity contribution in [2.45, 2.75) is 6.92 Å². The SMILES string of the molecule is COc1ccc(/C(OC(C)=O)=C(\I)c2ccccc2)cc1. The first-order chi connectivity index (χ1) is 10.1. The second kappa shape index (κ2) is 7.26. The Balaban J connectivity index is 2.49. The van der Waals surface area contributed by atoms with E-state index in [-0.39, 0.29) is 5.97 Å². The lowest BCUT2D eigenvalue weighted by Crippen LogP contribution is -2.00. The third kappa shape index (κ3) is 4.07. The fourth-order valence-corrected chi connectivity index (χ4v) is 2.61. The predicted molar refractivity (Wildman–Crippen MR) is 92.0 cm³/mol. The van der Waals surface area contributed by atoms with E-state index in [0.29, 0.717) is 5.76 Å². The van der Waals surface area contributed by atoms with Gasteiger partial charge in [0.1, 0.15) is 5.75 Å². The van der Waals surface area contributed by atoms with Crippen molar-refractivity contribution in [3.63, 3.8) is 0 Å². The van der Waals surface area contributed by atoms with Crippen molar-refractivity contribution in [2.24, 2.45) is 0 Å². The maximum absolute atomic E-state index is 11.4. The number of methoxy groups -OCH3 is 1. The van der Waals surface area contributed by atoms with Gasteiger partial charge in [0.05, 0.1) is 10.7 Å². The summed E-state index contributed by atoms with van der Waals surface area (Å²) in [6, 6.07) is 17.2. The second-order valence-electron chi connectivity index (χ2n) is 4.33. The first-order valence-corrected chi connectivity index (χ1v) is 7.47. The predicted octanol–water partition coefficient (Wildman–Crippen LogP) is 4.52. The number of rotatable bonds is 4. The molecule has 0 saturated heterocycles. The fourth-order valence-electron chi connectivity index (χ4n) is 1.83. The van der Waals surface area contributed by atoms with E-state index < -0.39 is 0 Å². The molecular weight excluding hydrogens is 379 g/mol. The fraction of sp³-hybridized carbons (Fsp3) is 0.118. The molecule has 0 saturated carbocycles. The Labute approximate surface area is 137 Å². The number of carbonyl (C=O) groups is 1. The third-order valence-electron chi connectivity index (χ3n) is 2.82. The minimum atomic E-state index is -0.342. The van der Waals surface area contributed by atoms with Crippen molar-refractivity contribution < 1.29 is 14.3 Å². The quantitative estimate of drug-likeness (QED) is 0.331. The van der Waals surface area contributed by atoms with E-state index in [4.69, 9.17) is 9.47 Å². The topological polar surface area (TPSA) is 35.5 Å². The molecule has 0 heterocycles. The summed E-state index contributed by atoms with van der Waals surface area (Å²) >= 11 is 2.20. The molecule has 0 bridgehead atoms. The molecule has 0 aliphatic carbocycles. The molecule has 0 aliphatic rings. The summed E-state index contributed by atoms with van der Waals surface area (Å²) in [7, 11) is 1.62. The minimum absolute atomic E-state index is 0.342. The van der Waals surface area contributed by atoms with E-state index in [9.17, 15) is 4.79 Å². The van der Waals surface area contributed by atoms with Crippen molar-refractivity contribution >= 4 is 37.9 Å². The molecule has 0 N–H and O–H groups in total. The largest absolute Gasteiger partial charge is 0.497 e. The molecular formula is C17H15IO3. The van der Waals surface area contributed by atoms with Crippen LogP contribution in [-0.4, -0.2) is 13.1 Å². The molecule has 0 aromatic heterocycles. The van der Waals surface area contributed by atoms with Crippen molar-refractivity contribution in [1.82, 2.24) is 0 Å². The van der Waals surface area contributed by atoms with Gasteiger partial charge in [-0.1, -0.05) is 30.3 Å². The van der Waals surface area contributed by atoms with Gasteiger partial charge in [-0.05, 0) is 52.4 Å². The van der Waals surface area contributed by atoms with Gasteiger partial charge < -0.3 is 9.47 Å². The van der Waals surface area contributed by atoms with E-state index in [2.05, 4.69) is 22.6 Å². The minimum Gasteiger partial charge on any atom is -0.497 e. The van der Waals surface area contributed by atoms with Gasteiger partial charge in [0.25, 0.3) is 0 Å². The van der Waals surface area contributed by atoms with Crippen LogP contribution < -0.4 is 4.74 Å². The van der Waals surface area contributed by atoms with Gasteiger partial charge in [-0.3, -0.25) is 4.79 Å². The van der Waals surface area contributed by atoms with Crippen LogP contribution in [0.4, 0.5) is 0 Å². The molecule has 0 aliphatic heterocycles. The highest BCUT2D eigenvalue weighted by Gasteiger charge is 2.13. The van der Waals surface area contributed by atoms with Gasteiger partial charge in [0.15, 0.2) is 5.76 Å². The zero-order valence-electron chi connectivity index (χ0n) is 11.8. The van der Waals surface area contributed by atoms with E-state index >= 15 is 0 Å². The van der Waals surface area contributed by atoms with Crippen LogP contribution in [0.3, 0.4) is 0 Å². The summed E-state index contributed by atoms with van der Waals surface area (Å²) in [6.45, 7) is 1.40. The van der Waals surface area contributed by atoms with Gasteiger partial charge in [-0.25, -0.2) is 0 Å². The maximum Gasteiger partial charge on any atom is 0.308 e. The van der Waals surface area contributed by atoms with Gasteiger partial charge >= 0.3 is 5.97 Å². The summed E-state index contributed by atoms with van der Waals surface area (Å²) in [4.78, 5) is 11.4. The van der Waals surface area contributed by atoms with E-state index in [1.807, 2.05) is 54.6 Å². The van der Waals surface area contributed by atoms with Gasteiger partial charge in [-0.15, -0.1) is 0 Å². The van der Waals surface area contributed by atoms with Crippen LogP contribution in [0.2, 0.25) is 0 Å². The summed E-state index contributed by atoms with van der Waals surface area (Å²) in [5, 5.41) is 0. The highest BCUT2D eigenvalue weighted by atomic mass is 127. The van der Waals surface area contributed by atoms with Crippen LogP contribution in [0.5, 0.6) is 5.75 Å². The summed E-state index contributed by atoms with van der Waals surface area (Å²) in [6.07, 6.45) is 0. The zero-order valence-corrected chi connectivity index (χ0v) is 14.0. The van der Waals surface area contributed by atoms with Crippen molar-refractivity contribution in [1.29, 1.82) is 0 Å². The van der Waals surface area contributed by atoms with E-state index in [1.54, 1.807) is 7.11 Å². The Hall–Kier alpha value is -1.82. The number of carbonyl (C=O) groups excluding carboxylic acids is 1. The molecule has 0 radical (unpaired) electrons. The van der Waals surface area contributed by atoms with Crippen LogP contribution >= 0.6 is 22.6 Å². The van der Waals surface area contributed by atoms with Gasteiger partial charge in [0, 0.05) is 12.5 Å². The third-order valence-corrected chi connectivity index (χ3v) is 3.94. The van der Waals surface area contributed by atoms with Crippen LogP contribution in [-0.2, 0) is 9.53 Å². The lowest BCUT2D eigenvalue weighted by atomic mass is 10.1. The summed E-state index contributed by atoms with van der Waals surface area (Å²) < 4.78 is 11.5. The number of halogens is 1. The van der Waals surface area contributed by atoms with Gasteiger partial charge in [-0.2, -0.15) is 0 Å². The maximum atomic E-state index is 11.4. The van der Waals surface area contributed by atoms with Crippen LogP contribution in [0.15, 0.2) is 54.6 Å². The Morgan fingerprint density at radius 1 is 0.952 bits per heavy atom. The molecule has 0 fully saturated rings. The number of ether oxygens (including phenoxy) is 2. The van der Waals surface area contributed by atoms with Crippen LogP contribution in [0, 0.1) is 0 Å². The molecule has 0 spiro atoms. The first-order valence-electron chi connectivity index (χ1n) is 6.40. The standard InChI is InChI=1S/C17H15IO3/c1-12(19)21-17(14-8-10-15(20-2)11-9-14)16(18)13-6-4-3-5-7-13/h3-11H,1-2H3/b17-16+. The molecule has 0 atom stereocenters. The Kier molecular flexibility index (Phi) is 5.38. The van der Waals surface area contributed by atoms with Crippen LogP contribution in [0.25, 0.3) is 9.34 Å². The first kappa shape index (κ1) is 15.6. The Morgan fingerprint density at radius 3 is 2.10 bits per heavy atom. The molecule has 2 aromatic rings. The highest BCUT2D eigenvalue weighted by Crippen LogP contribution is 2.33. The van der Waals surface area contributed by atoms with Crippen molar-refractivity contribution in [3.8, 4) is 5.75 Å². The van der Waals surface area contributed by atoms with E-state index in [1.165, 1.54) is 6.92 Å². The molecule has 108 valence electrons. The Morgan fingerprint density at radius 2 is 1.57 bits per heavy atom. The van der Waals surface area contributed by atoms with Crippen molar-refractivity contribution in [2.75, 3.05) is 7.11 Å². The summed E-state index contributed by atoms with van der Waals surface area (Å²) in [5.41, 5.74) is 1.84. The van der Waals surface area contributed by atoms with Gasteiger partial charge in [0.2, 0.25) is 0 Å². The number of hydrogen-bond acceptors (Lipinski definition) is 3. The highest BCUT2D eigenvalue weighted by molar-refractivity contribution is 14.1. The van der Waals surface area contributed by atoms with Crippen molar-refractivity contribution in [3.05, 3.63) is 65.7 Å². The monoisotopic (exact) mass is 394 g/mol. The molecule has 4 heteroatoms. The second-order valence-corrected chi connectivity index (χ2v) is 5.41. The molecule has 3 nitrogen and oxygen atoms in total. The number of benzene rings is 2. The molecule has 2 rings (SSSR count). The van der Waals surface area contributed by atoms with E-state index in [0.717, 1.165) is 20.5 Å². The lowest BCUT2D eigenvalue weighted by Gasteiger charge is -2.12. The zero-order chi connectivity index (χ0) is 15.2. The molecule has 0 amide bonds. The molecule has 21 heavy (non-hydrogen) atoms. The van der Waals surface area contributed by atoms with Crippen LogP contribution in [0.1, 0.15) is 18.1 Å². The smallest absolute Gasteiger partial charge is 0.308 e. The summed E-state index contributed by atoms with van der Waals surface area (Å²) in [5.74, 6) is 0.971. The average molecular weight is 394 g/mol.